The van der Waals surface area contributed by atoms with Gasteiger partial charge < -0.3 is 20.6 Å². The van der Waals surface area contributed by atoms with Crippen LogP contribution >= 0.6 is 0 Å². The molecule has 3 atom stereocenters. The first-order valence-electron chi connectivity index (χ1n) is 7.71. The summed E-state index contributed by atoms with van der Waals surface area (Å²) in [5.41, 5.74) is 1.99. The molecule has 1 heterocycles. The number of amides is 1. The van der Waals surface area contributed by atoms with E-state index in [1.165, 1.54) is 0 Å². The molecule has 5 nitrogen and oxygen atoms in total. The molecule has 0 saturated heterocycles. The SMILES string of the molecule is CN(C(=O)C1CNc2ccccc2N1)C1CCCCC1O. The topological polar surface area (TPSA) is 64.6 Å². The second-order valence-corrected chi connectivity index (χ2v) is 5.99. The fourth-order valence-corrected chi connectivity index (χ4v) is 3.32. The van der Waals surface area contributed by atoms with Gasteiger partial charge in [-0.15, -0.1) is 0 Å². The number of rotatable bonds is 2. The molecule has 114 valence electrons. The standard InChI is InChI=1S/C16H23N3O2/c1-19(14-8-4-5-9-15(14)20)16(21)13-10-17-11-6-2-3-7-12(11)18-13/h2-3,6-7,13-15,17-18,20H,4-5,8-10H2,1H3. The van der Waals surface area contributed by atoms with E-state index in [0.717, 1.165) is 37.1 Å². The highest BCUT2D eigenvalue weighted by Gasteiger charge is 2.33. The van der Waals surface area contributed by atoms with Gasteiger partial charge in [0, 0.05) is 13.6 Å². The Morgan fingerprint density at radius 2 is 1.95 bits per heavy atom. The van der Waals surface area contributed by atoms with E-state index in [-0.39, 0.29) is 18.0 Å². The van der Waals surface area contributed by atoms with E-state index in [9.17, 15) is 9.90 Å². The molecule has 3 N–H and O–H groups in total. The molecule has 0 radical (unpaired) electrons. The average molecular weight is 289 g/mol. The number of hydrogen-bond acceptors (Lipinski definition) is 4. The quantitative estimate of drug-likeness (QED) is 0.774. The van der Waals surface area contributed by atoms with Crippen LogP contribution in [0.4, 0.5) is 11.4 Å². The van der Waals surface area contributed by atoms with Crippen LogP contribution in [-0.2, 0) is 4.79 Å². The van der Waals surface area contributed by atoms with E-state index in [1.54, 1.807) is 4.90 Å². The number of hydrogen-bond donors (Lipinski definition) is 3. The zero-order chi connectivity index (χ0) is 14.8. The van der Waals surface area contributed by atoms with Crippen LogP contribution in [0.5, 0.6) is 0 Å². The van der Waals surface area contributed by atoms with Crippen LogP contribution in [0.2, 0.25) is 0 Å². The number of aliphatic hydroxyl groups is 1. The Morgan fingerprint density at radius 3 is 2.71 bits per heavy atom. The summed E-state index contributed by atoms with van der Waals surface area (Å²) in [5.74, 6) is 0.0444. The van der Waals surface area contributed by atoms with Gasteiger partial charge in [-0.1, -0.05) is 25.0 Å². The average Bonchev–Trinajstić information content (AvgIpc) is 2.53. The van der Waals surface area contributed by atoms with E-state index >= 15 is 0 Å². The molecule has 2 aliphatic rings. The summed E-state index contributed by atoms with van der Waals surface area (Å²) >= 11 is 0. The van der Waals surface area contributed by atoms with Crippen LogP contribution in [0.25, 0.3) is 0 Å². The van der Waals surface area contributed by atoms with Gasteiger partial charge in [0.05, 0.1) is 23.5 Å². The third kappa shape index (κ3) is 2.83. The molecule has 0 spiro atoms. The van der Waals surface area contributed by atoms with Crippen molar-refractivity contribution in [2.24, 2.45) is 0 Å². The number of anilines is 2. The van der Waals surface area contributed by atoms with Gasteiger partial charge in [-0.3, -0.25) is 4.79 Å². The number of likely N-dealkylation sites (N-methyl/N-ethyl adjacent to an activating group) is 1. The van der Waals surface area contributed by atoms with Crippen LogP contribution in [0.3, 0.4) is 0 Å². The zero-order valence-corrected chi connectivity index (χ0v) is 12.4. The van der Waals surface area contributed by atoms with Gasteiger partial charge in [0.25, 0.3) is 0 Å². The second kappa shape index (κ2) is 5.93. The number of nitrogens with zero attached hydrogens (tertiary/aromatic N) is 1. The maximum atomic E-state index is 12.7. The summed E-state index contributed by atoms with van der Waals surface area (Å²) < 4.78 is 0. The maximum Gasteiger partial charge on any atom is 0.246 e. The van der Waals surface area contributed by atoms with Crippen molar-refractivity contribution >= 4 is 17.3 Å². The van der Waals surface area contributed by atoms with Crippen LogP contribution in [0, 0.1) is 0 Å². The molecule has 21 heavy (non-hydrogen) atoms. The lowest BCUT2D eigenvalue weighted by atomic mass is 9.91. The zero-order valence-electron chi connectivity index (χ0n) is 12.4. The lowest BCUT2D eigenvalue weighted by Gasteiger charge is -2.38. The molecule has 1 fully saturated rings. The van der Waals surface area contributed by atoms with E-state index in [0.29, 0.717) is 6.54 Å². The van der Waals surface area contributed by atoms with Crippen molar-refractivity contribution in [3.8, 4) is 0 Å². The summed E-state index contributed by atoms with van der Waals surface area (Å²) in [6.45, 7) is 0.572. The predicted molar refractivity (Wildman–Crippen MR) is 83.4 cm³/mol. The van der Waals surface area contributed by atoms with Gasteiger partial charge in [-0.2, -0.15) is 0 Å². The second-order valence-electron chi connectivity index (χ2n) is 5.99. The lowest BCUT2D eigenvalue weighted by Crippen LogP contribution is -2.53. The normalized spacial score (nSPS) is 28.0. The smallest absolute Gasteiger partial charge is 0.246 e. The molecular weight excluding hydrogens is 266 g/mol. The highest BCUT2D eigenvalue weighted by Crippen LogP contribution is 2.27. The number of carbonyl (C=O) groups is 1. The molecule has 0 aromatic heterocycles. The molecule has 1 saturated carbocycles. The molecule has 1 aliphatic carbocycles. The molecule has 1 aliphatic heterocycles. The molecule has 0 bridgehead atoms. The number of carbonyl (C=O) groups excluding carboxylic acids is 1. The first kappa shape index (κ1) is 14.2. The van der Waals surface area contributed by atoms with Crippen LogP contribution in [-0.4, -0.2) is 47.7 Å². The van der Waals surface area contributed by atoms with Crippen molar-refractivity contribution in [1.29, 1.82) is 0 Å². The number of benzene rings is 1. The third-order valence-electron chi connectivity index (χ3n) is 4.59. The minimum atomic E-state index is -0.392. The maximum absolute atomic E-state index is 12.7. The highest BCUT2D eigenvalue weighted by atomic mass is 16.3. The summed E-state index contributed by atoms with van der Waals surface area (Å²) in [5, 5.41) is 16.7. The van der Waals surface area contributed by atoms with Crippen molar-refractivity contribution in [3.05, 3.63) is 24.3 Å². The Morgan fingerprint density at radius 1 is 1.24 bits per heavy atom. The predicted octanol–water partition coefficient (Wildman–Crippen LogP) is 1.65. The summed E-state index contributed by atoms with van der Waals surface area (Å²) in [6.07, 6.45) is 3.42. The van der Waals surface area contributed by atoms with Crippen LogP contribution in [0.1, 0.15) is 25.7 Å². The molecule has 3 unspecified atom stereocenters. The largest absolute Gasteiger partial charge is 0.391 e. The summed E-state index contributed by atoms with van der Waals surface area (Å²) in [6, 6.07) is 7.56. The Kier molecular flexibility index (Phi) is 4.01. The highest BCUT2D eigenvalue weighted by molar-refractivity contribution is 5.88. The first-order chi connectivity index (χ1) is 10.2. The van der Waals surface area contributed by atoms with Crippen LogP contribution in [0.15, 0.2) is 24.3 Å². The van der Waals surface area contributed by atoms with Crippen molar-refractivity contribution in [2.45, 2.75) is 43.9 Å². The van der Waals surface area contributed by atoms with E-state index < -0.39 is 6.10 Å². The molecule has 1 aromatic rings. The van der Waals surface area contributed by atoms with Crippen molar-refractivity contribution in [3.63, 3.8) is 0 Å². The minimum Gasteiger partial charge on any atom is -0.391 e. The third-order valence-corrected chi connectivity index (χ3v) is 4.59. The minimum absolute atomic E-state index is 0.0444. The lowest BCUT2D eigenvalue weighted by molar-refractivity contribution is -0.136. The van der Waals surface area contributed by atoms with Gasteiger partial charge in [0.2, 0.25) is 5.91 Å². The molecule has 1 amide bonds. The van der Waals surface area contributed by atoms with Crippen molar-refractivity contribution in [1.82, 2.24) is 4.90 Å². The summed E-state index contributed by atoms with van der Waals surface area (Å²) in [7, 11) is 1.81. The number of nitrogens with one attached hydrogen (secondary N) is 2. The molecule has 3 rings (SSSR count). The monoisotopic (exact) mass is 289 g/mol. The molecule has 1 aromatic carbocycles. The number of para-hydroxylation sites is 2. The van der Waals surface area contributed by atoms with Gasteiger partial charge in [-0.25, -0.2) is 0 Å². The molecular formula is C16H23N3O2. The first-order valence-corrected chi connectivity index (χ1v) is 7.71. The van der Waals surface area contributed by atoms with Crippen molar-refractivity contribution < 1.29 is 9.90 Å². The van der Waals surface area contributed by atoms with Gasteiger partial charge >= 0.3 is 0 Å². The van der Waals surface area contributed by atoms with Crippen molar-refractivity contribution in [2.75, 3.05) is 24.2 Å². The van der Waals surface area contributed by atoms with Gasteiger partial charge in [-0.05, 0) is 25.0 Å². The van der Waals surface area contributed by atoms with E-state index in [1.807, 2.05) is 31.3 Å². The Labute approximate surface area is 125 Å². The Bertz CT molecular complexity index is 520. The number of fused-ring (bicyclic) bond motifs is 1. The van der Waals surface area contributed by atoms with Crippen LogP contribution < -0.4 is 10.6 Å². The van der Waals surface area contributed by atoms with Gasteiger partial charge in [0.1, 0.15) is 6.04 Å². The van der Waals surface area contributed by atoms with E-state index in [4.69, 9.17) is 0 Å². The van der Waals surface area contributed by atoms with E-state index in [2.05, 4.69) is 10.6 Å². The van der Waals surface area contributed by atoms with Gasteiger partial charge in [0.15, 0.2) is 0 Å². The summed E-state index contributed by atoms with van der Waals surface area (Å²) in [4.78, 5) is 14.4. The fourth-order valence-electron chi connectivity index (χ4n) is 3.32. The Balaban J connectivity index is 1.68. The molecule has 5 heteroatoms. The fraction of sp³-hybridized carbons (Fsp3) is 0.562. The Hall–Kier alpha value is -1.75. The number of aliphatic hydroxyl groups excluding tert-OH is 1.